The summed E-state index contributed by atoms with van der Waals surface area (Å²) in [7, 11) is 0. The van der Waals surface area contributed by atoms with Gasteiger partial charge in [-0.1, -0.05) is 23.2 Å². The van der Waals surface area contributed by atoms with Crippen LogP contribution in [0.3, 0.4) is 0 Å². The van der Waals surface area contributed by atoms with Crippen LogP contribution in [0.1, 0.15) is 11.6 Å². The van der Waals surface area contributed by atoms with Gasteiger partial charge in [0.15, 0.2) is 0 Å². The highest BCUT2D eigenvalue weighted by Gasteiger charge is 2.08. The molecule has 0 heterocycles. The largest absolute Gasteiger partial charge is 0.394 e. The fraction of sp³-hybridized carbons (Fsp3) is 0.250. The molecule has 0 unspecified atom stereocenters. The van der Waals surface area contributed by atoms with E-state index in [1.54, 1.807) is 18.2 Å². The summed E-state index contributed by atoms with van der Waals surface area (Å²) in [6.07, 6.45) is 0. The minimum absolute atomic E-state index is 0.139. The highest BCUT2D eigenvalue weighted by molar-refractivity contribution is 6.33. The average Bonchev–Trinajstić information content (AvgIpc) is 2.08. The first-order valence-corrected chi connectivity index (χ1v) is 4.22. The van der Waals surface area contributed by atoms with Gasteiger partial charge in [-0.3, -0.25) is 0 Å². The molecular weight excluding hydrogens is 197 g/mol. The van der Waals surface area contributed by atoms with Crippen molar-refractivity contribution in [2.75, 3.05) is 6.61 Å². The van der Waals surface area contributed by atoms with Crippen LogP contribution in [0.5, 0.6) is 0 Å². The molecule has 4 heteroatoms. The number of rotatable bonds is 2. The lowest BCUT2D eigenvalue weighted by Crippen LogP contribution is -2.14. The summed E-state index contributed by atoms with van der Waals surface area (Å²) in [5.41, 5.74) is 6.24. The molecule has 1 atom stereocenters. The summed E-state index contributed by atoms with van der Waals surface area (Å²) in [5, 5.41) is 9.87. The van der Waals surface area contributed by atoms with E-state index in [2.05, 4.69) is 0 Å². The molecule has 0 aliphatic heterocycles. The molecule has 3 N–H and O–H groups in total. The number of halogens is 2. The van der Waals surface area contributed by atoms with Gasteiger partial charge in [-0.25, -0.2) is 0 Å². The van der Waals surface area contributed by atoms with Gasteiger partial charge in [0.25, 0.3) is 0 Å². The van der Waals surface area contributed by atoms with Crippen LogP contribution in [0.2, 0.25) is 10.0 Å². The molecule has 0 spiro atoms. The second kappa shape index (κ2) is 4.10. The van der Waals surface area contributed by atoms with Crippen molar-refractivity contribution >= 4 is 23.2 Å². The minimum atomic E-state index is -0.462. The topological polar surface area (TPSA) is 46.2 Å². The molecule has 1 aromatic carbocycles. The molecule has 0 fully saturated rings. The normalized spacial score (nSPS) is 13.0. The van der Waals surface area contributed by atoms with E-state index < -0.39 is 6.04 Å². The van der Waals surface area contributed by atoms with Crippen molar-refractivity contribution in [2.24, 2.45) is 5.73 Å². The fourth-order valence-electron chi connectivity index (χ4n) is 0.897. The Labute approximate surface area is 80.9 Å². The van der Waals surface area contributed by atoms with E-state index in [1.165, 1.54) is 0 Å². The van der Waals surface area contributed by atoms with Crippen LogP contribution < -0.4 is 5.73 Å². The van der Waals surface area contributed by atoms with Gasteiger partial charge >= 0.3 is 0 Å². The first-order chi connectivity index (χ1) is 5.65. The Kier molecular flexibility index (Phi) is 3.35. The predicted molar refractivity (Wildman–Crippen MR) is 50.5 cm³/mol. The van der Waals surface area contributed by atoms with Gasteiger partial charge in [0, 0.05) is 10.0 Å². The highest BCUT2D eigenvalue weighted by atomic mass is 35.5. The van der Waals surface area contributed by atoms with Gasteiger partial charge in [-0.15, -0.1) is 0 Å². The number of benzene rings is 1. The van der Waals surface area contributed by atoms with E-state index in [0.29, 0.717) is 15.6 Å². The van der Waals surface area contributed by atoms with E-state index in [0.717, 1.165) is 0 Å². The second-order valence-electron chi connectivity index (χ2n) is 2.45. The molecular formula is C8H9Cl2NO. The van der Waals surface area contributed by atoms with Crippen LogP contribution in [0.15, 0.2) is 18.2 Å². The van der Waals surface area contributed by atoms with Gasteiger partial charge in [0.2, 0.25) is 0 Å². The van der Waals surface area contributed by atoms with Crippen molar-refractivity contribution in [3.8, 4) is 0 Å². The summed E-state index contributed by atoms with van der Waals surface area (Å²) in [4.78, 5) is 0. The van der Waals surface area contributed by atoms with Crippen molar-refractivity contribution in [1.29, 1.82) is 0 Å². The van der Waals surface area contributed by atoms with Crippen LogP contribution in [-0.4, -0.2) is 11.7 Å². The third-order valence-electron chi connectivity index (χ3n) is 1.55. The Bertz CT molecular complexity index is 278. The maximum atomic E-state index is 8.78. The Morgan fingerprint density at radius 1 is 1.42 bits per heavy atom. The summed E-state index contributed by atoms with van der Waals surface area (Å²) in [5.74, 6) is 0. The van der Waals surface area contributed by atoms with Gasteiger partial charge in [-0.2, -0.15) is 0 Å². The van der Waals surface area contributed by atoms with Gasteiger partial charge in [0.05, 0.1) is 12.6 Å². The lowest BCUT2D eigenvalue weighted by Gasteiger charge is -2.10. The van der Waals surface area contributed by atoms with Gasteiger partial charge in [-0.05, 0) is 23.8 Å². The first-order valence-electron chi connectivity index (χ1n) is 3.46. The number of hydrogen-bond acceptors (Lipinski definition) is 2. The smallest absolute Gasteiger partial charge is 0.0624 e. The zero-order valence-corrected chi connectivity index (χ0v) is 7.81. The Balaban J connectivity index is 3.04. The van der Waals surface area contributed by atoms with Crippen LogP contribution in [-0.2, 0) is 0 Å². The van der Waals surface area contributed by atoms with Crippen molar-refractivity contribution in [2.45, 2.75) is 6.04 Å². The van der Waals surface area contributed by atoms with E-state index in [9.17, 15) is 0 Å². The van der Waals surface area contributed by atoms with Gasteiger partial charge < -0.3 is 10.8 Å². The lowest BCUT2D eigenvalue weighted by atomic mass is 10.1. The van der Waals surface area contributed by atoms with Crippen LogP contribution in [0.25, 0.3) is 0 Å². The fourth-order valence-corrected chi connectivity index (χ4v) is 1.34. The summed E-state index contributed by atoms with van der Waals surface area (Å²) >= 11 is 11.5. The number of aliphatic hydroxyl groups excluding tert-OH is 1. The summed E-state index contributed by atoms with van der Waals surface area (Å²) in [6.45, 7) is -0.139. The van der Waals surface area contributed by atoms with Crippen LogP contribution in [0, 0.1) is 0 Å². The summed E-state index contributed by atoms with van der Waals surface area (Å²) in [6, 6.07) is 4.54. The Morgan fingerprint density at radius 3 is 2.67 bits per heavy atom. The quantitative estimate of drug-likeness (QED) is 0.777. The number of nitrogens with two attached hydrogens (primary N) is 1. The van der Waals surface area contributed by atoms with Gasteiger partial charge in [0.1, 0.15) is 0 Å². The monoisotopic (exact) mass is 205 g/mol. The molecule has 1 aromatic rings. The SMILES string of the molecule is N[C@@H](CO)c1cc(Cl)ccc1Cl. The molecule has 0 aromatic heterocycles. The maximum absolute atomic E-state index is 8.78. The van der Waals surface area contributed by atoms with Crippen molar-refractivity contribution in [1.82, 2.24) is 0 Å². The van der Waals surface area contributed by atoms with Crippen molar-refractivity contribution in [3.63, 3.8) is 0 Å². The zero-order chi connectivity index (χ0) is 9.14. The third-order valence-corrected chi connectivity index (χ3v) is 2.13. The number of aliphatic hydroxyl groups is 1. The second-order valence-corrected chi connectivity index (χ2v) is 3.30. The van der Waals surface area contributed by atoms with E-state index in [1.807, 2.05) is 0 Å². The van der Waals surface area contributed by atoms with E-state index >= 15 is 0 Å². The molecule has 1 rings (SSSR count). The standard InChI is InChI=1S/C8H9Cl2NO/c9-5-1-2-7(10)6(3-5)8(11)4-12/h1-3,8,12H,4,11H2/t8-/m0/s1. The Hall–Kier alpha value is -0.280. The minimum Gasteiger partial charge on any atom is -0.394 e. The molecule has 66 valence electrons. The number of hydrogen-bond donors (Lipinski definition) is 2. The lowest BCUT2D eigenvalue weighted by molar-refractivity contribution is 0.268. The van der Waals surface area contributed by atoms with E-state index in [-0.39, 0.29) is 6.61 Å². The molecule has 0 amide bonds. The molecule has 0 aliphatic rings. The van der Waals surface area contributed by atoms with Crippen LogP contribution in [0.4, 0.5) is 0 Å². The molecule has 0 bridgehead atoms. The predicted octanol–water partition coefficient (Wildman–Crippen LogP) is 1.99. The van der Waals surface area contributed by atoms with Crippen molar-refractivity contribution < 1.29 is 5.11 Å². The molecule has 0 saturated carbocycles. The highest BCUT2D eigenvalue weighted by Crippen LogP contribution is 2.24. The average molecular weight is 206 g/mol. The molecule has 2 nitrogen and oxygen atoms in total. The van der Waals surface area contributed by atoms with E-state index in [4.69, 9.17) is 34.0 Å². The molecule has 0 saturated heterocycles. The van der Waals surface area contributed by atoms with Crippen LogP contribution >= 0.6 is 23.2 Å². The Morgan fingerprint density at radius 2 is 2.08 bits per heavy atom. The molecule has 0 aliphatic carbocycles. The first kappa shape index (κ1) is 9.81. The summed E-state index contributed by atoms with van der Waals surface area (Å²) < 4.78 is 0. The van der Waals surface area contributed by atoms with Crippen molar-refractivity contribution in [3.05, 3.63) is 33.8 Å². The molecule has 12 heavy (non-hydrogen) atoms. The maximum Gasteiger partial charge on any atom is 0.0624 e. The third kappa shape index (κ3) is 2.11. The zero-order valence-electron chi connectivity index (χ0n) is 6.30. The molecule has 0 radical (unpaired) electrons.